The summed E-state index contributed by atoms with van der Waals surface area (Å²) in [7, 11) is 10.7. The van der Waals surface area contributed by atoms with Crippen LogP contribution in [0.25, 0.3) is 77.2 Å². The summed E-state index contributed by atoms with van der Waals surface area (Å²) in [5.41, 5.74) is 22.0. The van der Waals surface area contributed by atoms with Crippen molar-refractivity contribution in [3.05, 3.63) is 228 Å². The van der Waals surface area contributed by atoms with E-state index in [1.165, 1.54) is 121 Å². The van der Waals surface area contributed by atoms with Crippen LogP contribution in [0.3, 0.4) is 0 Å². The van der Waals surface area contributed by atoms with E-state index in [9.17, 15) is 0 Å². The Hall–Kier alpha value is -5.34. The van der Waals surface area contributed by atoms with Gasteiger partial charge in [0, 0.05) is 0 Å². The van der Waals surface area contributed by atoms with Crippen molar-refractivity contribution in [3.8, 4) is 55.6 Å². The molecule has 2 atom stereocenters. The number of fused-ring (bicyclic) bond motifs is 5. The van der Waals surface area contributed by atoms with Crippen molar-refractivity contribution in [3.63, 3.8) is 0 Å². The zero-order chi connectivity index (χ0) is 55.6. The Labute approximate surface area is 489 Å². The van der Waals surface area contributed by atoms with E-state index < -0.39 is 20.8 Å². The second kappa shape index (κ2) is 27.2. The van der Waals surface area contributed by atoms with Gasteiger partial charge in [-0.3, -0.25) is 0 Å². The molecule has 0 aliphatic carbocycles. The fourth-order valence-corrected chi connectivity index (χ4v) is 12.0. The second-order valence-corrected chi connectivity index (χ2v) is 27.5. The zero-order valence-electron chi connectivity index (χ0n) is 48.0. The Morgan fingerprint density at radius 1 is 0.423 bits per heavy atom. The summed E-state index contributed by atoms with van der Waals surface area (Å²) < 4.78 is 0. The molecule has 0 saturated carbocycles. The molecule has 4 heteroatoms. The van der Waals surface area contributed by atoms with Gasteiger partial charge in [0.1, 0.15) is 0 Å². The molecule has 0 aromatic heterocycles. The van der Waals surface area contributed by atoms with E-state index in [0.29, 0.717) is 35.5 Å². The molecule has 0 bridgehead atoms. The molecule has 398 valence electrons. The minimum absolute atomic E-state index is 0.507. The smallest absolute Gasteiger partial charge is 0.0920 e. The van der Waals surface area contributed by atoms with Gasteiger partial charge in [-0.15, -0.1) is 62.5 Å². The Bertz CT molecular complexity index is 3270. The third-order valence-electron chi connectivity index (χ3n) is 15.9. The number of halogens is 2. The van der Waals surface area contributed by atoms with Crippen LogP contribution in [-0.4, -0.2) is 9.52 Å². The van der Waals surface area contributed by atoms with Crippen LogP contribution in [0.15, 0.2) is 188 Å². The van der Waals surface area contributed by atoms with Crippen LogP contribution in [0.5, 0.6) is 0 Å². The third kappa shape index (κ3) is 13.6. The summed E-state index contributed by atoms with van der Waals surface area (Å²) >= 11 is -0.826. The predicted molar refractivity (Wildman–Crippen MR) is 342 cm³/mol. The molecular weight excluding hydrogens is 1080 g/mol. The summed E-state index contributed by atoms with van der Waals surface area (Å²) in [6.07, 6.45) is 2.33. The van der Waals surface area contributed by atoms with Crippen LogP contribution < -0.4 is 10.4 Å². The van der Waals surface area contributed by atoms with Crippen molar-refractivity contribution < 1.29 is 20.8 Å². The van der Waals surface area contributed by atoms with E-state index in [4.69, 9.17) is 17.0 Å². The molecule has 0 saturated heterocycles. The maximum atomic E-state index is 4.93. The zero-order valence-corrected chi connectivity index (χ0v) is 53.0. The van der Waals surface area contributed by atoms with Gasteiger partial charge in [0.15, 0.2) is 0 Å². The van der Waals surface area contributed by atoms with Crippen LogP contribution >= 0.6 is 17.0 Å². The molecule has 10 aromatic carbocycles. The van der Waals surface area contributed by atoms with Crippen molar-refractivity contribution in [1.29, 1.82) is 0 Å². The molecule has 0 fully saturated rings. The Morgan fingerprint density at radius 3 is 1.21 bits per heavy atom. The number of hydrogen-bond donors (Lipinski definition) is 0. The maximum absolute atomic E-state index is 4.93. The third-order valence-corrected chi connectivity index (χ3v) is 17.3. The molecule has 0 nitrogen and oxygen atoms in total. The van der Waals surface area contributed by atoms with Crippen molar-refractivity contribution in [2.75, 3.05) is 0 Å². The molecule has 2 unspecified atom stereocenters. The molecule has 0 amide bonds. The summed E-state index contributed by atoms with van der Waals surface area (Å²) in [5, 5.41) is 8.29. The van der Waals surface area contributed by atoms with E-state index in [2.05, 4.69) is 271 Å². The summed E-state index contributed by atoms with van der Waals surface area (Å²) in [5.74, 6) is 3.18. The minimum atomic E-state index is -0.826. The molecule has 1 aliphatic rings. The van der Waals surface area contributed by atoms with E-state index >= 15 is 0 Å². The fraction of sp³-hybridized carbons (Fsp3) is 0.270. The molecule has 1 aliphatic heterocycles. The van der Waals surface area contributed by atoms with E-state index in [-0.39, 0.29) is 0 Å². The first-order valence-electron chi connectivity index (χ1n) is 28.4. The van der Waals surface area contributed by atoms with Gasteiger partial charge in [0.05, 0.1) is 9.52 Å². The number of benzene rings is 8. The summed E-state index contributed by atoms with van der Waals surface area (Å²) in [4.78, 5) is 0. The monoisotopic (exact) mass is 1150 g/mol. The van der Waals surface area contributed by atoms with Crippen LogP contribution in [-0.2, 0) is 20.8 Å². The molecule has 2 radical (unpaired) electrons. The van der Waals surface area contributed by atoms with Crippen LogP contribution in [0.2, 0.25) is 0 Å². The fourth-order valence-electron chi connectivity index (χ4n) is 10.7. The van der Waals surface area contributed by atoms with E-state index in [1.54, 1.807) is 0 Å². The van der Waals surface area contributed by atoms with E-state index in [0.717, 1.165) is 22.4 Å². The van der Waals surface area contributed by atoms with Gasteiger partial charge in [0.25, 0.3) is 0 Å². The SMILES string of the molecule is CCC(C)c1cc2c(-c3cc(C(C)C)cc(C(C)C)c3)c(-c3ccccc3)ccc2[cH-]1.CCC(C)c1cc2c(-c3cc(C(C)C)cc(C(C)C)c3)c(-c3ccccc3)ccc2[cH-]1.[Cl][Zr][Cl].[c-]1cccc2c1[Si]c1ccccc1-2. The minimum Gasteiger partial charge on any atom is -0.184 e. The maximum Gasteiger partial charge on any atom is 0.0920 e. The van der Waals surface area contributed by atoms with Gasteiger partial charge in [0.2, 0.25) is 0 Å². The molecule has 78 heavy (non-hydrogen) atoms. The average molecular weight is 1160 g/mol. The normalized spacial score (nSPS) is 12.4. The molecule has 1 heterocycles. The average Bonchev–Trinajstić information content (AvgIpc) is 4.36. The van der Waals surface area contributed by atoms with Gasteiger partial charge < -0.3 is 0 Å². The van der Waals surface area contributed by atoms with Crippen molar-refractivity contribution in [2.24, 2.45) is 0 Å². The van der Waals surface area contributed by atoms with Gasteiger partial charge in [-0.05, 0) is 91.1 Å². The number of rotatable bonds is 12. The first-order valence-corrected chi connectivity index (χ1v) is 35.7. The van der Waals surface area contributed by atoms with Crippen LogP contribution in [0.1, 0.15) is 165 Å². The van der Waals surface area contributed by atoms with Gasteiger partial charge >= 0.3 is 37.9 Å². The van der Waals surface area contributed by atoms with Gasteiger partial charge in [-0.1, -0.05) is 251 Å². The predicted octanol–water partition coefficient (Wildman–Crippen LogP) is 21.8. The Balaban J connectivity index is 0.000000161. The van der Waals surface area contributed by atoms with Crippen molar-refractivity contribution in [2.45, 2.75) is 131 Å². The van der Waals surface area contributed by atoms with Crippen molar-refractivity contribution in [1.82, 2.24) is 0 Å². The molecule has 11 rings (SSSR count). The quantitative estimate of drug-likeness (QED) is 0.0845. The van der Waals surface area contributed by atoms with Gasteiger partial charge in [-0.25, -0.2) is 0 Å². The van der Waals surface area contributed by atoms with Crippen molar-refractivity contribution >= 4 is 58.5 Å². The largest absolute Gasteiger partial charge is 0.184 e. The first kappa shape index (κ1) is 58.8. The topological polar surface area (TPSA) is 0 Å². The molecule has 10 aromatic rings. The molecular formula is C74H77Cl2SiZr-3. The Morgan fingerprint density at radius 2 is 0.808 bits per heavy atom. The Kier molecular flexibility index (Phi) is 20.5. The first-order chi connectivity index (χ1) is 37.6. The van der Waals surface area contributed by atoms with Crippen LogP contribution in [0, 0.1) is 6.07 Å². The van der Waals surface area contributed by atoms with Crippen LogP contribution in [0.4, 0.5) is 0 Å². The van der Waals surface area contributed by atoms with E-state index in [1.807, 2.05) is 6.07 Å². The summed E-state index contributed by atoms with van der Waals surface area (Å²) in [6, 6.07) is 73.3. The second-order valence-electron chi connectivity index (χ2n) is 22.5. The van der Waals surface area contributed by atoms with Gasteiger partial charge in [-0.2, -0.15) is 41.6 Å². The number of hydrogen-bond acceptors (Lipinski definition) is 0. The standard InChI is InChI=1S/2C31H35.C12H7Si.2ClH.Zr/c2*1-7-22(6)27-15-24-13-14-29(23-11-9-8-10-12-23)31(30(24)19-27)28-17-25(20(2)3)16-26(18-28)21(4)5;1-3-7-11-9(5-1)10-6-2-4-8-12(10)13-11;;;/h2*8-22H,7H2,1-6H3;1-7H;2*1H;/q3*-1;;;+2/p-2. The summed E-state index contributed by atoms with van der Waals surface area (Å²) in [6.45, 7) is 27.6. The molecule has 0 N–H and O–H groups in total. The molecule has 0 spiro atoms.